The fourth-order valence-corrected chi connectivity index (χ4v) is 5.01. The molecular weight excluding hydrogens is 393 g/mol. The summed E-state index contributed by atoms with van der Waals surface area (Å²) >= 11 is 0. The molecular formula is C21H24FN3O3S. The third-order valence-corrected chi connectivity index (χ3v) is 6.81. The van der Waals surface area contributed by atoms with Crippen LogP contribution in [0.5, 0.6) is 5.75 Å². The first kappa shape index (κ1) is 19.9. The second kappa shape index (κ2) is 8.14. The maximum Gasteiger partial charge on any atom is 0.240 e. The van der Waals surface area contributed by atoms with Crippen LogP contribution in [0.1, 0.15) is 17.5 Å². The highest BCUT2D eigenvalue weighted by Crippen LogP contribution is 2.35. The van der Waals surface area contributed by atoms with Crippen molar-refractivity contribution in [2.45, 2.75) is 30.2 Å². The fourth-order valence-electron chi connectivity index (χ4n) is 3.93. The van der Waals surface area contributed by atoms with Gasteiger partial charge in [0.15, 0.2) is 0 Å². The van der Waals surface area contributed by atoms with E-state index in [1.165, 1.54) is 28.6 Å². The first-order valence-electron chi connectivity index (χ1n) is 9.62. The van der Waals surface area contributed by atoms with Gasteiger partial charge in [-0.2, -0.15) is 0 Å². The number of nitrogens with one attached hydrogen (secondary N) is 3. The molecule has 4 rings (SSSR count). The maximum absolute atomic E-state index is 13.0. The molecule has 0 saturated heterocycles. The largest absolute Gasteiger partial charge is 0.496 e. The lowest BCUT2D eigenvalue weighted by Crippen LogP contribution is -2.37. The Morgan fingerprint density at radius 2 is 1.93 bits per heavy atom. The number of halogens is 1. The highest BCUT2D eigenvalue weighted by Gasteiger charge is 2.24. The molecule has 2 aromatic carbocycles. The molecule has 1 aromatic heterocycles. The number of benzene rings is 2. The number of hydrogen-bond donors (Lipinski definition) is 3. The van der Waals surface area contributed by atoms with E-state index in [0.717, 1.165) is 36.2 Å². The van der Waals surface area contributed by atoms with E-state index in [-0.39, 0.29) is 10.9 Å². The summed E-state index contributed by atoms with van der Waals surface area (Å²) in [7, 11) is -1.93. The molecule has 3 N–H and O–H groups in total. The van der Waals surface area contributed by atoms with Crippen molar-refractivity contribution in [3.8, 4) is 5.75 Å². The molecule has 0 saturated carbocycles. The summed E-state index contributed by atoms with van der Waals surface area (Å²) in [5.41, 5.74) is 3.61. The highest BCUT2D eigenvalue weighted by molar-refractivity contribution is 7.89. The number of ether oxygens (including phenoxy) is 1. The number of sulfonamides is 1. The Bertz CT molecular complexity index is 1110. The van der Waals surface area contributed by atoms with E-state index in [2.05, 4.69) is 21.2 Å². The van der Waals surface area contributed by atoms with Gasteiger partial charge >= 0.3 is 0 Å². The van der Waals surface area contributed by atoms with Crippen molar-refractivity contribution in [1.29, 1.82) is 0 Å². The van der Waals surface area contributed by atoms with Gasteiger partial charge in [-0.25, -0.2) is 17.5 Å². The minimum Gasteiger partial charge on any atom is -0.496 e. The van der Waals surface area contributed by atoms with Crippen molar-refractivity contribution in [3.63, 3.8) is 0 Å². The smallest absolute Gasteiger partial charge is 0.240 e. The number of rotatable bonds is 8. The molecule has 0 amide bonds. The van der Waals surface area contributed by atoms with Gasteiger partial charge < -0.3 is 15.0 Å². The van der Waals surface area contributed by atoms with Gasteiger partial charge in [0, 0.05) is 35.2 Å². The molecule has 1 aliphatic carbocycles. The molecule has 1 heterocycles. The minimum atomic E-state index is -3.62. The third kappa shape index (κ3) is 4.14. The summed E-state index contributed by atoms with van der Waals surface area (Å²) < 4.78 is 45.5. The van der Waals surface area contributed by atoms with Gasteiger partial charge in [-0.3, -0.25) is 0 Å². The monoisotopic (exact) mass is 417 g/mol. The normalized spacial score (nSPS) is 16.3. The van der Waals surface area contributed by atoms with E-state index in [0.29, 0.717) is 19.5 Å². The van der Waals surface area contributed by atoms with Crippen LogP contribution in [0.4, 0.5) is 4.39 Å². The topological polar surface area (TPSA) is 83.2 Å². The van der Waals surface area contributed by atoms with E-state index in [1.807, 2.05) is 12.1 Å². The Morgan fingerprint density at radius 3 is 2.69 bits per heavy atom. The molecule has 0 bridgehead atoms. The number of aromatic nitrogens is 1. The summed E-state index contributed by atoms with van der Waals surface area (Å²) in [5, 5.41) is 4.78. The molecule has 6 nitrogen and oxygen atoms in total. The second-order valence-electron chi connectivity index (χ2n) is 7.25. The van der Waals surface area contributed by atoms with Crippen LogP contribution in [0.3, 0.4) is 0 Å². The number of hydrogen-bond acceptors (Lipinski definition) is 4. The number of aromatic amines is 1. The summed E-state index contributed by atoms with van der Waals surface area (Å²) in [6.07, 6.45) is 4.49. The Labute approximate surface area is 169 Å². The highest BCUT2D eigenvalue weighted by atomic mass is 32.2. The van der Waals surface area contributed by atoms with Crippen LogP contribution in [0.25, 0.3) is 10.9 Å². The number of H-pyrrole nitrogens is 1. The Balaban J connectivity index is 1.30. The lowest BCUT2D eigenvalue weighted by molar-refractivity contribution is 0.403. The van der Waals surface area contributed by atoms with Crippen LogP contribution in [-0.4, -0.2) is 39.6 Å². The molecule has 0 radical (unpaired) electrons. The predicted octanol–water partition coefficient (Wildman–Crippen LogP) is 2.74. The van der Waals surface area contributed by atoms with Gasteiger partial charge in [-0.15, -0.1) is 0 Å². The van der Waals surface area contributed by atoms with Crippen LogP contribution in [-0.2, 0) is 22.9 Å². The Kier molecular flexibility index (Phi) is 5.58. The molecule has 0 spiro atoms. The summed E-state index contributed by atoms with van der Waals surface area (Å²) in [5.74, 6) is 0.440. The Morgan fingerprint density at radius 1 is 1.14 bits per heavy atom. The van der Waals surface area contributed by atoms with Crippen LogP contribution < -0.4 is 14.8 Å². The maximum atomic E-state index is 13.0. The molecule has 8 heteroatoms. The first-order valence-corrected chi connectivity index (χ1v) is 11.1. The van der Waals surface area contributed by atoms with E-state index < -0.39 is 15.8 Å². The summed E-state index contributed by atoms with van der Waals surface area (Å²) in [4.78, 5) is 3.39. The van der Waals surface area contributed by atoms with E-state index in [4.69, 9.17) is 4.74 Å². The lowest BCUT2D eigenvalue weighted by Gasteiger charge is -2.25. The van der Waals surface area contributed by atoms with Gasteiger partial charge in [0.2, 0.25) is 10.0 Å². The zero-order valence-corrected chi connectivity index (χ0v) is 17.0. The SMILES string of the molecule is COc1ccc2[nH]cc3c2c1CC(NCCCNS(=O)(=O)c1ccc(F)cc1)C3. The quantitative estimate of drug-likeness (QED) is 0.492. The van der Waals surface area contributed by atoms with Crippen molar-refractivity contribution in [3.05, 3.63) is 59.5 Å². The zero-order valence-electron chi connectivity index (χ0n) is 16.2. The van der Waals surface area contributed by atoms with Gasteiger partial charge in [-0.1, -0.05) is 0 Å². The average molecular weight is 418 g/mol. The van der Waals surface area contributed by atoms with Gasteiger partial charge in [0.1, 0.15) is 11.6 Å². The van der Waals surface area contributed by atoms with Crippen molar-refractivity contribution < 1.29 is 17.5 Å². The van der Waals surface area contributed by atoms with Gasteiger partial charge in [0.25, 0.3) is 0 Å². The molecule has 0 fully saturated rings. The number of methoxy groups -OCH3 is 1. The summed E-state index contributed by atoms with van der Waals surface area (Å²) in [6.45, 7) is 1.00. The van der Waals surface area contributed by atoms with Crippen molar-refractivity contribution in [2.24, 2.45) is 0 Å². The van der Waals surface area contributed by atoms with Gasteiger partial charge in [-0.05, 0) is 67.8 Å². The predicted molar refractivity (Wildman–Crippen MR) is 110 cm³/mol. The second-order valence-corrected chi connectivity index (χ2v) is 9.01. The molecule has 0 aliphatic heterocycles. The Hall–Kier alpha value is -2.42. The average Bonchev–Trinajstić information content (AvgIpc) is 3.12. The minimum absolute atomic E-state index is 0.0688. The molecule has 1 atom stereocenters. The molecule has 154 valence electrons. The van der Waals surface area contributed by atoms with E-state index in [1.54, 1.807) is 7.11 Å². The standard InChI is InChI=1S/C21H24FN3O3S/c1-28-20-8-7-19-21-14(13-24-19)11-16(12-18(20)21)23-9-2-10-25-29(26,27)17-5-3-15(22)4-6-17/h3-8,13,16,23-25H,2,9-12H2,1H3. The van der Waals surface area contributed by atoms with Gasteiger partial charge in [0.05, 0.1) is 12.0 Å². The molecule has 1 aliphatic rings. The van der Waals surface area contributed by atoms with Crippen molar-refractivity contribution in [2.75, 3.05) is 20.2 Å². The fraction of sp³-hybridized carbons (Fsp3) is 0.333. The van der Waals surface area contributed by atoms with Crippen LogP contribution in [0, 0.1) is 5.82 Å². The molecule has 3 aromatic rings. The van der Waals surface area contributed by atoms with Crippen LogP contribution >= 0.6 is 0 Å². The van der Waals surface area contributed by atoms with E-state index >= 15 is 0 Å². The first-order chi connectivity index (χ1) is 14.0. The zero-order chi connectivity index (χ0) is 20.4. The van der Waals surface area contributed by atoms with E-state index in [9.17, 15) is 12.8 Å². The van der Waals surface area contributed by atoms with Crippen molar-refractivity contribution >= 4 is 20.9 Å². The lowest BCUT2D eigenvalue weighted by atomic mass is 9.88. The summed E-state index contributed by atoms with van der Waals surface area (Å²) in [6, 6.07) is 9.12. The molecule has 1 unspecified atom stereocenters. The van der Waals surface area contributed by atoms with Crippen LogP contribution in [0.15, 0.2) is 47.5 Å². The molecule has 29 heavy (non-hydrogen) atoms. The van der Waals surface area contributed by atoms with Crippen LogP contribution in [0.2, 0.25) is 0 Å². The third-order valence-electron chi connectivity index (χ3n) is 5.33. The van der Waals surface area contributed by atoms with Crippen molar-refractivity contribution in [1.82, 2.24) is 15.0 Å².